The fourth-order valence-corrected chi connectivity index (χ4v) is 3.06. The first kappa shape index (κ1) is 17.7. The van der Waals surface area contributed by atoms with Gasteiger partial charge in [-0.25, -0.2) is 4.68 Å². The van der Waals surface area contributed by atoms with E-state index in [1.807, 2.05) is 73.1 Å². The van der Waals surface area contributed by atoms with E-state index in [9.17, 15) is 4.79 Å². The molecule has 1 aromatic heterocycles. The number of hydrogen-bond donors (Lipinski definition) is 1. The van der Waals surface area contributed by atoms with Gasteiger partial charge in [-0.3, -0.25) is 4.79 Å². The highest BCUT2D eigenvalue weighted by Crippen LogP contribution is 2.24. The lowest BCUT2D eigenvalue weighted by molar-refractivity contribution is -0.116. The van der Waals surface area contributed by atoms with Gasteiger partial charge in [0.25, 0.3) is 0 Å². The summed E-state index contributed by atoms with van der Waals surface area (Å²) in [6.07, 6.45) is 1.03. The molecule has 134 valence electrons. The average molecular weight is 349 g/mol. The molecule has 1 N–H and O–H groups in total. The third-order valence-electron chi connectivity index (χ3n) is 4.43. The molecule has 0 saturated carbocycles. The third kappa shape index (κ3) is 3.77. The number of benzene rings is 2. The van der Waals surface area contributed by atoms with Crippen molar-refractivity contribution in [2.45, 2.75) is 26.7 Å². The highest BCUT2D eigenvalue weighted by Gasteiger charge is 2.14. The van der Waals surface area contributed by atoms with Crippen LogP contribution in [0.4, 0.5) is 5.69 Å². The summed E-state index contributed by atoms with van der Waals surface area (Å²) in [5, 5.41) is 7.55. The number of hydrogen-bond acceptors (Lipinski definition) is 3. The van der Waals surface area contributed by atoms with Crippen molar-refractivity contribution in [3.8, 4) is 11.4 Å². The standard InChI is InChI=1S/C21H23N3O2/c1-15-18(16(2)24(23-15)17-9-5-4-6-10-17)13-14-21(25)22-19-11-7-8-12-20(19)26-3/h4-12H,13-14H2,1-3H3,(H,22,25). The Morgan fingerprint density at radius 1 is 1.08 bits per heavy atom. The van der Waals surface area contributed by atoms with Crippen LogP contribution in [0.1, 0.15) is 23.4 Å². The summed E-state index contributed by atoms with van der Waals surface area (Å²) >= 11 is 0. The van der Waals surface area contributed by atoms with Crippen molar-refractivity contribution in [1.82, 2.24) is 9.78 Å². The van der Waals surface area contributed by atoms with Crippen LogP contribution < -0.4 is 10.1 Å². The molecule has 0 radical (unpaired) electrons. The highest BCUT2D eigenvalue weighted by molar-refractivity contribution is 5.92. The van der Waals surface area contributed by atoms with Crippen LogP contribution in [0.2, 0.25) is 0 Å². The van der Waals surface area contributed by atoms with Gasteiger partial charge in [0.05, 0.1) is 24.2 Å². The summed E-state index contributed by atoms with van der Waals surface area (Å²) in [5.41, 5.74) is 4.85. The van der Waals surface area contributed by atoms with Crippen LogP contribution in [0.25, 0.3) is 5.69 Å². The van der Waals surface area contributed by atoms with Gasteiger partial charge < -0.3 is 10.1 Å². The molecule has 0 bridgehead atoms. The number of rotatable bonds is 6. The first-order valence-corrected chi connectivity index (χ1v) is 8.63. The molecule has 5 heteroatoms. The predicted molar refractivity (Wildman–Crippen MR) is 103 cm³/mol. The van der Waals surface area contributed by atoms with Gasteiger partial charge in [0.15, 0.2) is 0 Å². The van der Waals surface area contributed by atoms with Crippen LogP contribution in [0, 0.1) is 13.8 Å². The van der Waals surface area contributed by atoms with Crippen LogP contribution in [-0.2, 0) is 11.2 Å². The van der Waals surface area contributed by atoms with Crippen LogP contribution in [0.5, 0.6) is 5.75 Å². The van der Waals surface area contributed by atoms with Crippen molar-refractivity contribution in [1.29, 1.82) is 0 Å². The Bertz CT molecular complexity index is 901. The lowest BCUT2D eigenvalue weighted by Crippen LogP contribution is -2.13. The van der Waals surface area contributed by atoms with E-state index in [0.717, 1.165) is 22.6 Å². The second kappa shape index (κ2) is 7.87. The second-order valence-electron chi connectivity index (χ2n) is 6.15. The van der Waals surface area contributed by atoms with Gasteiger partial charge >= 0.3 is 0 Å². The largest absolute Gasteiger partial charge is 0.495 e. The average Bonchev–Trinajstić information content (AvgIpc) is 2.95. The molecule has 0 aliphatic rings. The Labute approximate surface area is 153 Å². The molecule has 0 atom stereocenters. The van der Waals surface area contributed by atoms with E-state index >= 15 is 0 Å². The van der Waals surface area contributed by atoms with Crippen molar-refractivity contribution >= 4 is 11.6 Å². The van der Waals surface area contributed by atoms with E-state index in [4.69, 9.17) is 4.74 Å². The number of anilines is 1. The van der Waals surface area contributed by atoms with E-state index < -0.39 is 0 Å². The molecule has 0 unspecified atom stereocenters. The molecule has 0 aliphatic heterocycles. The van der Waals surface area contributed by atoms with Gasteiger partial charge in [-0.15, -0.1) is 0 Å². The number of carbonyl (C=O) groups excluding carboxylic acids is 1. The molecular weight excluding hydrogens is 326 g/mol. The number of ether oxygens (including phenoxy) is 1. The predicted octanol–water partition coefficient (Wildman–Crippen LogP) is 4.07. The fraction of sp³-hybridized carbons (Fsp3) is 0.238. The van der Waals surface area contributed by atoms with Crippen LogP contribution >= 0.6 is 0 Å². The molecule has 2 aromatic carbocycles. The fourth-order valence-electron chi connectivity index (χ4n) is 3.06. The summed E-state index contributed by atoms with van der Waals surface area (Å²) < 4.78 is 7.20. The van der Waals surface area contributed by atoms with Gasteiger partial charge in [-0.2, -0.15) is 5.10 Å². The van der Waals surface area contributed by atoms with E-state index in [1.165, 1.54) is 0 Å². The van der Waals surface area contributed by atoms with E-state index in [-0.39, 0.29) is 5.91 Å². The van der Waals surface area contributed by atoms with Gasteiger partial charge in [0.2, 0.25) is 5.91 Å². The van der Waals surface area contributed by atoms with E-state index in [2.05, 4.69) is 10.4 Å². The van der Waals surface area contributed by atoms with Crippen LogP contribution in [-0.4, -0.2) is 22.8 Å². The molecule has 1 amide bonds. The Balaban J connectivity index is 1.70. The van der Waals surface area contributed by atoms with Crippen LogP contribution in [0.3, 0.4) is 0 Å². The molecular formula is C21H23N3O2. The zero-order valence-corrected chi connectivity index (χ0v) is 15.3. The Morgan fingerprint density at radius 3 is 2.50 bits per heavy atom. The van der Waals surface area contributed by atoms with Gasteiger partial charge in [-0.05, 0) is 50.1 Å². The molecule has 0 spiro atoms. The maximum atomic E-state index is 12.4. The number of nitrogens with zero attached hydrogens (tertiary/aromatic N) is 2. The van der Waals surface area contributed by atoms with Crippen molar-refractivity contribution in [2.75, 3.05) is 12.4 Å². The Hall–Kier alpha value is -3.08. The summed E-state index contributed by atoms with van der Waals surface area (Å²) in [4.78, 5) is 12.4. The molecule has 0 saturated heterocycles. The SMILES string of the molecule is COc1ccccc1NC(=O)CCc1c(C)nn(-c2ccccc2)c1C. The smallest absolute Gasteiger partial charge is 0.224 e. The quantitative estimate of drug-likeness (QED) is 0.730. The number of aryl methyl sites for hydroxylation is 1. The first-order chi connectivity index (χ1) is 12.6. The molecule has 3 aromatic rings. The van der Waals surface area contributed by atoms with Gasteiger partial charge in [-0.1, -0.05) is 30.3 Å². The van der Waals surface area contributed by atoms with Crippen molar-refractivity contribution in [3.63, 3.8) is 0 Å². The normalized spacial score (nSPS) is 10.6. The summed E-state index contributed by atoms with van der Waals surface area (Å²) in [7, 11) is 1.59. The minimum absolute atomic E-state index is 0.0410. The van der Waals surface area contributed by atoms with Crippen molar-refractivity contribution in [3.05, 3.63) is 71.5 Å². The summed E-state index contributed by atoms with van der Waals surface area (Å²) in [5.74, 6) is 0.617. The van der Waals surface area contributed by atoms with E-state index in [1.54, 1.807) is 7.11 Å². The minimum atomic E-state index is -0.0410. The number of carbonyl (C=O) groups is 1. The first-order valence-electron chi connectivity index (χ1n) is 8.63. The third-order valence-corrected chi connectivity index (χ3v) is 4.43. The van der Waals surface area contributed by atoms with Crippen molar-refractivity contribution in [2.24, 2.45) is 0 Å². The molecule has 26 heavy (non-hydrogen) atoms. The molecule has 0 fully saturated rings. The van der Waals surface area contributed by atoms with E-state index in [0.29, 0.717) is 24.3 Å². The Morgan fingerprint density at radius 2 is 1.77 bits per heavy atom. The maximum Gasteiger partial charge on any atom is 0.224 e. The number of nitrogens with one attached hydrogen (secondary N) is 1. The topological polar surface area (TPSA) is 56.1 Å². The lowest BCUT2D eigenvalue weighted by Gasteiger charge is -2.10. The molecule has 5 nitrogen and oxygen atoms in total. The number of aromatic nitrogens is 2. The highest BCUT2D eigenvalue weighted by atomic mass is 16.5. The van der Waals surface area contributed by atoms with Crippen LogP contribution in [0.15, 0.2) is 54.6 Å². The summed E-state index contributed by atoms with van der Waals surface area (Å²) in [6, 6.07) is 17.4. The number of methoxy groups -OCH3 is 1. The summed E-state index contributed by atoms with van der Waals surface area (Å²) in [6.45, 7) is 4.03. The molecule has 3 rings (SSSR count). The Kier molecular flexibility index (Phi) is 5.37. The van der Waals surface area contributed by atoms with Gasteiger partial charge in [0.1, 0.15) is 5.75 Å². The monoisotopic (exact) mass is 349 g/mol. The molecule has 0 aliphatic carbocycles. The van der Waals surface area contributed by atoms with Crippen molar-refractivity contribution < 1.29 is 9.53 Å². The van der Waals surface area contributed by atoms with Gasteiger partial charge in [0, 0.05) is 12.1 Å². The second-order valence-corrected chi connectivity index (χ2v) is 6.15. The minimum Gasteiger partial charge on any atom is -0.495 e. The maximum absolute atomic E-state index is 12.4. The zero-order valence-electron chi connectivity index (χ0n) is 15.3. The lowest BCUT2D eigenvalue weighted by atomic mass is 10.1. The number of para-hydroxylation sites is 3. The number of amides is 1. The molecule has 1 heterocycles. The zero-order chi connectivity index (χ0) is 18.5.